The Morgan fingerprint density at radius 2 is 2.26 bits per heavy atom. The first-order valence-corrected chi connectivity index (χ1v) is 8.25. The number of rotatable bonds is 6. The number of carbonyl (C=O) groups is 2. The fourth-order valence-electron chi connectivity index (χ4n) is 3.03. The molecule has 1 aromatic rings. The Kier molecular flexibility index (Phi) is 5.25. The van der Waals surface area contributed by atoms with E-state index in [-0.39, 0.29) is 24.5 Å². The highest BCUT2D eigenvalue weighted by molar-refractivity contribution is 5.97. The molecule has 6 nitrogen and oxygen atoms in total. The summed E-state index contributed by atoms with van der Waals surface area (Å²) in [5, 5.41) is 5.99. The fraction of sp³-hybridized carbons (Fsp3) is 0.529. The van der Waals surface area contributed by atoms with E-state index in [1.807, 2.05) is 24.3 Å². The van der Waals surface area contributed by atoms with Gasteiger partial charge in [-0.3, -0.25) is 9.59 Å². The Balaban J connectivity index is 1.49. The van der Waals surface area contributed by atoms with Gasteiger partial charge in [0.15, 0.2) is 0 Å². The normalized spacial score (nSPS) is 21.0. The summed E-state index contributed by atoms with van der Waals surface area (Å²) in [5.74, 6) is 0.0552. The largest absolute Gasteiger partial charge is 0.377 e. The van der Waals surface area contributed by atoms with Crippen LogP contribution in [0.5, 0.6) is 0 Å². The van der Waals surface area contributed by atoms with E-state index in [0.717, 1.165) is 38.1 Å². The van der Waals surface area contributed by atoms with Gasteiger partial charge >= 0.3 is 0 Å². The van der Waals surface area contributed by atoms with Crippen LogP contribution in [0, 0.1) is 0 Å². The number of hydrogen-bond acceptors (Lipinski definition) is 4. The maximum atomic E-state index is 12.0. The highest BCUT2D eigenvalue weighted by atomic mass is 16.5. The standard InChI is InChI=1S/C17H23N3O3/c21-16(12-18-11-15-6-3-9-23-15)19-13-4-1-5-14(10-13)20-8-2-7-17(20)22/h1,4-5,10,15,18H,2-3,6-9,11-12H2,(H,19,21). The Morgan fingerprint density at radius 3 is 3.00 bits per heavy atom. The summed E-state index contributed by atoms with van der Waals surface area (Å²) >= 11 is 0. The molecule has 124 valence electrons. The van der Waals surface area contributed by atoms with Gasteiger partial charge in [0.2, 0.25) is 11.8 Å². The van der Waals surface area contributed by atoms with Crippen molar-refractivity contribution in [1.82, 2.24) is 5.32 Å². The second-order valence-corrected chi connectivity index (χ2v) is 6.01. The van der Waals surface area contributed by atoms with Gasteiger partial charge in [0.1, 0.15) is 0 Å². The summed E-state index contributed by atoms with van der Waals surface area (Å²) < 4.78 is 5.50. The second-order valence-electron chi connectivity index (χ2n) is 6.01. The third-order valence-electron chi connectivity index (χ3n) is 4.20. The van der Waals surface area contributed by atoms with Crippen molar-refractivity contribution in [2.24, 2.45) is 0 Å². The summed E-state index contributed by atoms with van der Waals surface area (Å²) in [6.45, 7) is 2.53. The van der Waals surface area contributed by atoms with E-state index < -0.39 is 0 Å². The quantitative estimate of drug-likeness (QED) is 0.834. The first-order valence-electron chi connectivity index (χ1n) is 8.25. The molecular formula is C17H23N3O3. The van der Waals surface area contributed by atoms with Gasteiger partial charge < -0.3 is 20.3 Å². The molecule has 2 N–H and O–H groups in total. The minimum Gasteiger partial charge on any atom is -0.377 e. The molecule has 0 saturated carbocycles. The first kappa shape index (κ1) is 16.0. The molecule has 0 aromatic heterocycles. The second kappa shape index (κ2) is 7.57. The van der Waals surface area contributed by atoms with Crippen LogP contribution in [0.25, 0.3) is 0 Å². The first-order chi connectivity index (χ1) is 11.2. The average molecular weight is 317 g/mol. The predicted octanol–water partition coefficient (Wildman–Crippen LogP) is 1.52. The molecule has 6 heteroatoms. The molecule has 23 heavy (non-hydrogen) atoms. The van der Waals surface area contributed by atoms with Gasteiger partial charge in [-0.05, 0) is 37.5 Å². The summed E-state index contributed by atoms with van der Waals surface area (Å²) in [6, 6.07) is 7.44. The smallest absolute Gasteiger partial charge is 0.238 e. The van der Waals surface area contributed by atoms with Crippen molar-refractivity contribution in [2.45, 2.75) is 31.8 Å². The minimum absolute atomic E-state index is 0.0899. The molecule has 0 radical (unpaired) electrons. The highest BCUT2D eigenvalue weighted by Crippen LogP contribution is 2.24. The molecule has 1 aromatic carbocycles. The van der Waals surface area contributed by atoms with Gasteiger partial charge in [0, 0.05) is 37.5 Å². The molecule has 3 rings (SSSR count). The number of anilines is 2. The van der Waals surface area contributed by atoms with Crippen LogP contribution in [-0.2, 0) is 14.3 Å². The van der Waals surface area contributed by atoms with Crippen LogP contribution in [0.1, 0.15) is 25.7 Å². The highest BCUT2D eigenvalue weighted by Gasteiger charge is 2.21. The van der Waals surface area contributed by atoms with Crippen LogP contribution in [0.15, 0.2) is 24.3 Å². The topological polar surface area (TPSA) is 70.7 Å². The van der Waals surface area contributed by atoms with E-state index >= 15 is 0 Å². The number of ether oxygens (including phenoxy) is 1. The molecule has 1 atom stereocenters. The number of benzene rings is 1. The van der Waals surface area contributed by atoms with Gasteiger partial charge in [-0.2, -0.15) is 0 Å². The average Bonchev–Trinajstić information content (AvgIpc) is 3.19. The molecule has 2 saturated heterocycles. The van der Waals surface area contributed by atoms with Crippen molar-refractivity contribution < 1.29 is 14.3 Å². The monoisotopic (exact) mass is 317 g/mol. The fourth-order valence-corrected chi connectivity index (χ4v) is 3.03. The Hall–Kier alpha value is -1.92. The lowest BCUT2D eigenvalue weighted by atomic mass is 10.2. The third kappa shape index (κ3) is 4.30. The predicted molar refractivity (Wildman–Crippen MR) is 88.5 cm³/mol. The number of hydrogen-bond donors (Lipinski definition) is 2. The van der Waals surface area contributed by atoms with Crippen molar-refractivity contribution in [1.29, 1.82) is 0 Å². The van der Waals surface area contributed by atoms with Gasteiger partial charge in [-0.25, -0.2) is 0 Å². The van der Waals surface area contributed by atoms with Crippen LogP contribution in [0.2, 0.25) is 0 Å². The van der Waals surface area contributed by atoms with Gasteiger partial charge in [-0.1, -0.05) is 6.07 Å². The van der Waals surface area contributed by atoms with Crippen molar-refractivity contribution >= 4 is 23.2 Å². The summed E-state index contributed by atoms with van der Waals surface area (Å²) in [5.41, 5.74) is 1.56. The van der Waals surface area contributed by atoms with Crippen LogP contribution >= 0.6 is 0 Å². The Labute approximate surface area is 136 Å². The molecule has 2 heterocycles. The molecule has 0 aliphatic carbocycles. The Bertz CT molecular complexity index is 570. The number of nitrogens with one attached hydrogen (secondary N) is 2. The van der Waals surface area contributed by atoms with Crippen LogP contribution in [-0.4, -0.2) is 44.2 Å². The van der Waals surface area contributed by atoms with Gasteiger partial charge in [0.25, 0.3) is 0 Å². The molecule has 2 amide bonds. The minimum atomic E-state index is -0.0899. The number of amides is 2. The maximum absolute atomic E-state index is 12.0. The van der Waals surface area contributed by atoms with E-state index in [9.17, 15) is 9.59 Å². The van der Waals surface area contributed by atoms with Gasteiger partial charge in [0.05, 0.1) is 12.6 Å². The van der Waals surface area contributed by atoms with E-state index in [4.69, 9.17) is 4.74 Å². The zero-order chi connectivity index (χ0) is 16.1. The van der Waals surface area contributed by atoms with E-state index in [2.05, 4.69) is 10.6 Å². The zero-order valence-electron chi connectivity index (χ0n) is 13.2. The SMILES string of the molecule is O=C(CNCC1CCCO1)Nc1cccc(N2CCCC2=O)c1. The molecule has 0 spiro atoms. The lowest BCUT2D eigenvalue weighted by molar-refractivity contribution is -0.117. The van der Waals surface area contributed by atoms with E-state index in [1.165, 1.54) is 0 Å². The number of nitrogens with zero attached hydrogens (tertiary/aromatic N) is 1. The number of carbonyl (C=O) groups excluding carboxylic acids is 2. The van der Waals surface area contributed by atoms with Crippen molar-refractivity contribution in [3.05, 3.63) is 24.3 Å². The molecule has 2 fully saturated rings. The van der Waals surface area contributed by atoms with Crippen molar-refractivity contribution in [3.63, 3.8) is 0 Å². The molecule has 2 aliphatic rings. The summed E-state index contributed by atoms with van der Waals surface area (Å²) in [4.78, 5) is 25.5. The summed E-state index contributed by atoms with van der Waals surface area (Å²) in [6.07, 6.45) is 3.88. The van der Waals surface area contributed by atoms with Gasteiger partial charge in [-0.15, -0.1) is 0 Å². The van der Waals surface area contributed by atoms with Crippen LogP contribution in [0.4, 0.5) is 11.4 Å². The van der Waals surface area contributed by atoms with E-state index in [0.29, 0.717) is 18.7 Å². The molecular weight excluding hydrogens is 294 g/mol. The zero-order valence-corrected chi connectivity index (χ0v) is 13.2. The Morgan fingerprint density at radius 1 is 1.35 bits per heavy atom. The van der Waals surface area contributed by atoms with E-state index in [1.54, 1.807) is 4.90 Å². The van der Waals surface area contributed by atoms with Crippen molar-refractivity contribution in [3.8, 4) is 0 Å². The van der Waals surface area contributed by atoms with Crippen LogP contribution < -0.4 is 15.5 Å². The van der Waals surface area contributed by atoms with Crippen molar-refractivity contribution in [2.75, 3.05) is 36.5 Å². The van der Waals surface area contributed by atoms with Crippen LogP contribution in [0.3, 0.4) is 0 Å². The molecule has 1 unspecified atom stereocenters. The molecule has 2 aliphatic heterocycles. The maximum Gasteiger partial charge on any atom is 0.238 e. The third-order valence-corrected chi connectivity index (χ3v) is 4.20. The lowest BCUT2D eigenvalue weighted by Crippen LogP contribution is -2.33. The summed E-state index contributed by atoms with van der Waals surface area (Å²) in [7, 11) is 0. The molecule has 0 bridgehead atoms. The lowest BCUT2D eigenvalue weighted by Gasteiger charge is -2.17.